The van der Waals surface area contributed by atoms with Crippen LogP contribution in [0.1, 0.15) is 186 Å². The Morgan fingerprint density at radius 3 is 1.04 bits per heavy atom. The van der Waals surface area contributed by atoms with E-state index in [9.17, 15) is 0 Å². The molecule has 0 saturated carbocycles. The van der Waals surface area contributed by atoms with E-state index >= 15 is 0 Å². The predicted octanol–water partition coefficient (Wildman–Crippen LogP) is 14.2. The molecule has 2 aromatic rings. The van der Waals surface area contributed by atoms with E-state index in [1.807, 2.05) is 0 Å². The SMILES string of the molecule is CCCCCCCCCCCCCCCCC(=Nc1ccc(CC)c(CC)c1)C(CCCCC)=Nc1ccc(CC)c(CC)c1. The van der Waals surface area contributed by atoms with Gasteiger partial charge in [0.1, 0.15) is 0 Å². The van der Waals surface area contributed by atoms with Gasteiger partial charge in [0.25, 0.3) is 0 Å². The van der Waals surface area contributed by atoms with Gasteiger partial charge in [-0.1, -0.05) is 150 Å². The number of benzene rings is 2. The van der Waals surface area contributed by atoms with E-state index < -0.39 is 0 Å². The summed E-state index contributed by atoms with van der Waals surface area (Å²) >= 11 is 0. The molecule has 0 fully saturated rings. The molecule has 2 nitrogen and oxygen atoms in total. The molecule has 252 valence electrons. The molecule has 0 radical (unpaired) electrons. The van der Waals surface area contributed by atoms with Crippen molar-refractivity contribution in [2.45, 2.75) is 189 Å². The molecule has 0 bridgehead atoms. The minimum absolute atomic E-state index is 1.01. The van der Waals surface area contributed by atoms with E-state index in [4.69, 9.17) is 9.98 Å². The highest BCUT2D eigenvalue weighted by atomic mass is 14.8. The fourth-order valence-electron chi connectivity index (χ4n) is 6.58. The van der Waals surface area contributed by atoms with Crippen LogP contribution < -0.4 is 0 Å². The van der Waals surface area contributed by atoms with Crippen molar-refractivity contribution in [2.24, 2.45) is 9.98 Å². The van der Waals surface area contributed by atoms with Gasteiger partial charge in [-0.05, 0) is 97.9 Å². The quantitative estimate of drug-likeness (QED) is 0.0744. The van der Waals surface area contributed by atoms with Crippen LogP contribution in [0.25, 0.3) is 0 Å². The van der Waals surface area contributed by atoms with Gasteiger partial charge in [-0.2, -0.15) is 0 Å². The molecule has 2 rings (SSSR count). The van der Waals surface area contributed by atoms with Crippen LogP contribution in [-0.2, 0) is 25.7 Å². The van der Waals surface area contributed by atoms with Crippen molar-refractivity contribution in [1.29, 1.82) is 0 Å². The summed E-state index contributed by atoms with van der Waals surface area (Å²) in [6.45, 7) is 13.6. The largest absolute Gasteiger partial charge is 0.252 e. The number of aliphatic imine (C=N–C) groups is 2. The average Bonchev–Trinajstić information content (AvgIpc) is 3.07. The number of nitrogens with zero attached hydrogens (tertiary/aromatic N) is 2. The zero-order valence-corrected chi connectivity index (χ0v) is 30.6. The fraction of sp³-hybridized carbons (Fsp3) is 0.674. The van der Waals surface area contributed by atoms with E-state index in [1.54, 1.807) is 0 Å². The summed E-state index contributed by atoms with van der Waals surface area (Å²) < 4.78 is 0. The number of hydrogen-bond donors (Lipinski definition) is 0. The molecule has 2 heteroatoms. The summed E-state index contributed by atoms with van der Waals surface area (Å²) in [4.78, 5) is 10.7. The molecule has 0 spiro atoms. The topological polar surface area (TPSA) is 24.7 Å². The summed E-state index contributed by atoms with van der Waals surface area (Å²) in [5, 5.41) is 0. The van der Waals surface area contributed by atoms with Crippen molar-refractivity contribution < 1.29 is 0 Å². The molecule has 0 unspecified atom stereocenters. The van der Waals surface area contributed by atoms with Crippen LogP contribution in [0.2, 0.25) is 0 Å². The van der Waals surface area contributed by atoms with E-state index in [2.05, 4.69) is 77.9 Å². The molecule has 0 aliphatic heterocycles. The van der Waals surface area contributed by atoms with Crippen molar-refractivity contribution >= 4 is 22.8 Å². The highest BCUT2D eigenvalue weighted by Gasteiger charge is 2.12. The van der Waals surface area contributed by atoms with Crippen LogP contribution in [0.3, 0.4) is 0 Å². The first-order valence-electron chi connectivity index (χ1n) is 19.5. The Kier molecular flexibility index (Phi) is 21.6. The number of rotatable bonds is 26. The summed E-state index contributed by atoms with van der Waals surface area (Å²) in [5.41, 5.74) is 10.4. The lowest BCUT2D eigenvalue weighted by molar-refractivity contribution is 0.537. The maximum Gasteiger partial charge on any atom is 0.0636 e. The van der Waals surface area contributed by atoms with Crippen LogP contribution >= 0.6 is 0 Å². The van der Waals surface area contributed by atoms with Crippen molar-refractivity contribution in [3.63, 3.8) is 0 Å². The molecular formula is C43H70N2. The molecule has 0 heterocycles. The average molecular weight is 615 g/mol. The van der Waals surface area contributed by atoms with Crippen molar-refractivity contribution in [3.05, 3.63) is 58.7 Å². The van der Waals surface area contributed by atoms with Gasteiger partial charge in [0.05, 0.1) is 22.8 Å². The Balaban J connectivity index is 2.11. The van der Waals surface area contributed by atoms with Crippen molar-refractivity contribution in [3.8, 4) is 0 Å². The lowest BCUT2D eigenvalue weighted by Crippen LogP contribution is -2.14. The van der Waals surface area contributed by atoms with Crippen molar-refractivity contribution in [1.82, 2.24) is 0 Å². The minimum atomic E-state index is 1.01. The Labute approximate surface area is 280 Å². The second-order valence-electron chi connectivity index (χ2n) is 13.2. The van der Waals surface area contributed by atoms with Gasteiger partial charge in [0.15, 0.2) is 0 Å². The van der Waals surface area contributed by atoms with E-state index in [1.165, 1.54) is 143 Å². The van der Waals surface area contributed by atoms with Gasteiger partial charge in [0, 0.05) is 0 Å². The van der Waals surface area contributed by atoms with E-state index in [0.717, 1.165) is 49.9 Å². The lowest BCUT2D eigenvalue weighted by atomic mass is 9.99. The third-order valence-corrected chi connectivity index (χ3v) is 9.55. The monoisotopic (exact) mass is 615 g/mol. The van der Waals surface area contributed by atoms with E-state index in [-0.39, 0.29) is 0 Å². The molecule has 45 heavy (non-hydrogen) atoms. The first-order chi connectivity index (χ1) is 22.1. The summed E-state index contributed by atoms with van der Waals surface area (Å²) in [5.74, 6) is 0. The first-order valence-corrected chi connectivity index (χ1v) is 19.5. The van der Waals surface area contributed by atoms with Gasteiger partial charge < -0.3 is 0 Å². The Hall–Kier alpha value is -2.22. The predicted molar refractivity (Wildman–Crippen MR) is 204 cm³/mol. The summed E-state index contributed by atoms with van der Waals surface area (Å²) in [7, 11) is 0. The number of unbranched alkanes of at least 4 members (excludes halogenated alkanes) is 15. The van der Waals surface area contributed by atoms with Gasteiger partial charge in [-0.15, -0.1) is 0 Å². The molecular weight excluding hydrogens is 544 g/mol. The summed E-state index contributed by atoms with van der Waals surface area (Å²) in [6, 6.07) is 13.7. The first kappa shape index (κ1) is 39.0. The maximum absolute atomic E-state index is 5.38. The van der Waals surface area contributed by atoms with Gasteiger partial charge in [0.2, 0.25) is 0 Å². The fourth-order valence-corrected chi connectivity index (χ4v) is 6.58. The molecule has 0 amide bonds. The zero-order valence-electron chi connectivity index (χ0n) is 30.6. The molecule has 0 atom stereocenters. The third kappa shape index (κ3) is 15.8. The second-order valence-corrected chi connectivity index (χ2v) is 13.2. The van der Waals surface area contributed by atoms with Crippen molar-refractivity contribution in [2.75, 3.05) is 0 Å². The van der Waals surface area contributed by atoms with E-state index in [0.29, 0.717) is 0 Å². The Morgan fingerprint density at radius 2 is 0.689 bits per heavy atom. The molecule has 0 saturated heterocycles. The standard InChI is InChI=1S/C43H70N2/c1-7-13-15-16-17-18-19-20-21-22-23-24-25-27-29-43(45-41-33-31-37(10-4)39(12-6)35-41)42(28-26-14-8-2)44-40-32-30-36(9-3)38(11-5)34-40/h30-35H,7-29H2,1-6H3. The summed E-state index contributed by atoms with van der Waals surface area (Å²) in [6.07, 6.45) is 29.4. The Morgan fingerprint density at radius 1 is 0.378 bits per heavy atom. The molecule has 0 aliphatic rings. The van der Waals surface area contributed by atoms with Crippen LogP contribution in [0.5, 0.6) is 0 Å². The smallest absolute Gasteiger partial charge is 0.0636 e. The lowest BCUT2D eigenvalue weighted by Gasteiger charge is -2.14. The minimum Gasteiger partial charge on any atom is -0.252 e. The molecule has 0 aliphatic carbocycles. The van der Waals surface area contributed by atoms with Gasteiger partial charge in [-0.25, -0.2) is 0 Å². The van der Waals surface area contributed by atoms with Crippen LogP contribution in [0.4, 0.5) is 11.4 Å². The van der Waals surface area contributed by atoms with Crippen LogP contribution in [0.15, 0.2) is 46.4 Å². The normalized spacial score (nSPS) is 12.3. The number of aryl methyl sites for hydroxylation is 4. The maximum atomic E-state index is 5.38. The van der Waals surface area contributed by atoms with Crippen LogP contribution in [-0.4, -0.2) is 11.4 Å². The molecule has 0 aromatic heterocycles. The Bertz CT molecular complexity index is 1110. The van der Waals surface area contributed by atoms with Gasteiger partial charge in [-0.3, -0.25) is 9.98 Å². The molecule has 0 N–H and O–H groups in total. The highest BCUT2D eigenvalue weighted by molar-refractivity contribution is 6.43. The second kappa shape index (κ2) is 24.9. The highest BCUT2D eigenvalue weighted by Crippen LogP contribution is 2.25. The zero-order chi connectivity index (χ0) is 32.5. The third-order valence-electron chi connectivity index (χ3n) is 9.55. The molecule has 2 aromatic carbocycles. The number of hydrogen-bond acceptors (Lipinski definition) is 2. The van der Waals surface area contributed by atoms with Crippen LogP contribution in [0, 0.1) is 0 Å². The van der Waals surface area contributed by atoms with Gasteiger partial charge >= 0.3 is 0 Å².